The third-order valence-corrected chi connectivity index (χ3v) is 2.07. The van der Waals surface area contributed by atoms with Gasteiger partial charge in [-0.2, -0.15) is 0 Å². The highest BCUT2D eigenvalue weighted by molar-refractivity contribution is 5.77. The van der Waals surface area contributed by atoms with Crippen LogP contribution in [-0.4, -0.2) is 36.6 Å². The summed E-state index contributed by atoms with van der Waals surface area (Å²) in [4.78, 5) is 21.5. The number of hydrogen-bond donors (Lipinski definition) is 3. The Morgan fingerprint density at radius 2 is 2.19 bits per heavy atom. The molecular weight excluding hydrogens is 208 g/mol. The number of aliphatic carboxylic acids is 1. The fourth-order valence-electron chi connectivity index (χ4n) is 1.11. The molecule has 5 nitrogen and oxygen atoms in total. The van der Waals surface area contributed by atoms with E-state index in [4.69, 9.17) is 5.11 Å². The summed E-state index contributed by atoms with van der Waals surface area (Å²) in [7, 11) is 0. The largest absolute Gasteiger partial charge is 0.481 e. The lowest BCUT2D eigenvalue weighted by atomic mass is 10.1. The van der Waals surface area contributed by atoms with Crippen molar-refractivity contribution in [3.63, 3.8) is 0 Å². The molecule has 92 valence electrons. The second kappa shape index (κ2) is 8.91. The van der Waals surface area contributed by atoms with Gasteiger partial charge in [0.05, 0.1) is 6.54 Å². The fraction of sp³-hybridized carbons (Fsp3) is 0.636. The number of carbonyl (C=O) groups excluding carboxylic acids is 1. The smallest absolute Gasteiger partial charge is 0.303 e. The molecule has 0 heterocycles. The van der Waals surface area contributed by atoms with Crippen LogP contribution in [0.25, 0.3) is 0 Å². The van der Waals surface area contributed by atoms with Gasteiger partial charge in [-0.1, -0.05) is 13.0 Å². The SMILES string of the molecule is C=CCNCC(=O)NCC(C)CCC(=O)O. The second-order valence-corrected chi connectivity index (χ2v) is 3.76. The molecule has 0 saturated heterocycles. The van der Waals surface area contributed by atoms with Gasteiger partial charge in [0.1, 0.15) is 0 Å². The topological polar surface area (TPSA) is 78.4 Å². The zero-order chi connectivity index (χ0) is 12.4. The highest BCUT2D eigenvalue weighted by Gasteiger charge is 2.07. The molecule has 3 N–H and O–H groups in total. The van der Waals surface area contributed by atoms with E-state index < -0.39 is 5.97 Å². The van der Waals surface area contributed by atoms with Gasteiger partial charge in [0.2, 0.25) is 5.91 Å². The van der Waals surface area contributed by atoms with Crippen molar-refractivity contribution in [3.8, 4) is 0 Å². The van der Waals surface area contributed by atoms with Crippen LogP contribution in [0.1, 0.15) is 19.8 Å². The molecule has 0 aliphatic heterocycles. The number of carboxylic acids is 1. The van der Waals surface area contributed by atoms with Crippen LogP contribution < -0.4 is 10.6 Å². The summed E-state index contributed by atoms with van der Waals surface area (Å²) in [5, 5.41) is 14.1. The summed E-state index contributed by atoms with van der Waals surface area (Å²) < 4.78 is 0. The Morgan fingerprint density at radius 1 is 1.50 bits per heavy atom. The van der Waals surface area contributed by atoms with E-state index in [1.807, 2.05) is 6.92 Å². The minimum atomic E-state index is -0.800. The van der Waals surface area contributed by atoms with Crippen molar-refractivity contribution in [2.45, 2.75) is 19.8 Å². The van der Waals surface area contributed by atoms with Crippen molar-refractivity contribution in [1.82, 2.24) is 10.6 Å². The molecule has 0 aromatic rings. The molecule has 0 saturated carbocycles. The van der Waals surface area contributed by atoms with E-state index in [0.717, 1.165) is 0 Å². The van der Waals surface area contributed by atoms with Gasteiger partial charge in [-0.25, -0.2) is 0 Å². The summed E-state index contributed by atoms with van der Waals surface area (Å²) >= 11 is 0. The van der Waals surface area contributed by atoms with E-state index in [-0.39, 0.29) is 24.8 Å². The van der Waals surface area contributed by atoms with Gasteiger partial charge in [0.15, 0.2) is 0 Å². The van der Waals surface area contributed by atoms with Gasteiger partial charge in [-0.05, 0) is 12.3 Å². The highest BCUT2D eigenvalue weighted by atomic mass is 16.4. The van der Waals surface area contributed by atoms with Crippen molar-refractivity contribution in [2.24, 2.45) is 5.92 Å². The van der Waals surface area contributed by atoms with Crippen molar-refractivity contribution in [2.75, 3.05) is 19.6 Å². The second-order valence-electron chi connectivity index (χ2n) is 3.76. The molecule has 5 heteroatoms. The monoisotopic (exact) mass is 228 g/mol. The van der Waals surface area contributed by atoms with Crippen LogP contribution in [-0.2, 0) is 9.59 Å². The summed E-state index contributed by atoms with van der Waals surface area (Å²) in [5.41, 5.74) is 0. The quantitative estimate of drug-likeness (QED) is 0.394. The van der Waals surface area contributed by atoms with Crippen molar-refractivity contribution in [3.05, 3.63) is 12.7 Å². The van der Waals surface area contributed by atoms with Crippen LogP contribution >= 0.6 is 0 Å². The van der Waals surface area contributed by atoms with E-state index in [1.54, 1.807) is 6.08 Å². The maximum atomic E-state index is 11.2. The number of nitrogens with one attached hydrogen (secondary N) is 2. The van der Waals surface area contributed by atoms with Crippen molar-refractivity contribution < 1.29 is 14.7 Å². The first-order chi connectivity index (χ1) is 7.56. The lowest BCUT2D eigenvalue weighted by Gasteiger charge is -2.11. The summed E-state index contributed by atoms with van der Waals surface area (Å²) in [6.45, 7) is 6.82. The average Bonchev–Trinajstić information content (AvgIpc) is 2.24. The minimum absolute atomic E-state index is 0.0796. The summed E-state index contributed by atoms with van der Waals surface area (Å²) in [6, 6.07) is 0. The van der Waals surface area contributed by atoms with E-state index in [9.17, 15) is 9.59 Å². The third-order valence-electron chi connectivity index (χ3n) is 2.07. The first-order valence-electron chi connectivity index (χ1n) is 5.36. The molecule has 0 aromatic carbocycles. The Balaban J connectivity index is 3.50. The zero-order valence-electron chi connectivity index (χ0n) is 9.66. The average molecular weight is 228 g/mol. The van der Waals surface area contributed by atoms with E-state index in [0.29, 0.717) is 19.5 Å². The molecule has 0 aliphatic rings. The Hall–Kier alpha value is -1.36. The van der Waals surface area contributed by atoms with E-state index in [1.165, 1.54) is 0 Å². The van der Waals surface area contributed by atoms with Crippen LogP contribution in [0.2, 0.25) is 0 Å². The number of amides is 1. The molecule has 0 spiro atoms. The predicted octanol–water partition coefficient (Wildman–Crippen LogP) is 0.379. The maximum Gasteiger partial charge on any atom is 0.303 e. The van der Waals surface area contributed by atoms with Crippen LogP contribution in [0.15, 0.2) is 12.7 Å². The number of carbonyl (C=O) groups is 2. The fourth-order valence-corrected chi connectivity index (χ4v) is 1.11. The lowest BCUT2D eigenvalue weighted by Crippen LogP contribution is -2.36. The third kappa shape index (κ3) is 9.21. The van der Waals surface area contributed by atoms with Crippen molar-refractivity contribution in [1.29, 1.82) is 0 Å². The number of hydrogen-bond acceptors (Lipinski definition) is 3. The molecule has 1 unspecified atom stereocenters. The molecular formula is C11H20N2O3. The van der Waals surface area contributed by atoms with Gasteiger partial charge in [0.25, 0.3) is 0 Å². The van der Waals surface area contributed by atoms with E-state index >= 15 is 0 Å². The lowest BCUT2D eigenvalue weighted by molar-refractivity contribution is -0.137. The molecule has 0 aromatic heterocycles. The summed E-state index contributed by atoms with van der Waals surface area (Å²) in [5.74, 6) is -0.700. The van der Waals surface area contributed by atoms with Crippen LogP contribution in [0.4, 0.5) is 0 Å². The van der Waals surface area contributed by atoms with Gasteiger partial charge >= 0.3 is 5.97 Å². The molecule has 1 amide bonds. The van der Waals surface area contributed by atoms with Gasteiger partial charge < -0.3 is 15.7 Å². The molecule has 0 bridgehead atoms. The maximum absolute atomic E-state index is 11.2. The van der Waals surface area contributed by atoms with Crippen molar-refractivity contribution >= 4 is 11.9 Å². The van der Waals surface area contributed by atoms with Crippen LogP contribution in [0.5, 0.6) is 0 Å². The van der Waals surface area contributed by atoms with Gasteiger partial charge in [-0.3, -0.25) is 9.59 Å². The first kappa shape index (κ1) is 14.6. The molecule has 0 radical (unpaired) electrons. The standard InChI is InChI=1S/C11H20N2O3/c1-3-6-12-8-10(14)13-7-9(2)4-5-11(15)16/h3,9,12H,1,4-8H2,2H3,(H,13,14)(H,15,16). The Morgan fingerprint density at radius 3 is 2.75 bits per heavy atom. The zero-order valence-corrected chi connectivity index (χ0v) is 9.66. The molecule has 0 rings (SSSR count). The predicted molar refractivity (Wildman–Crippen MR) is 62.1 cm³/mol. The number of rotatable bonds is 9. The molecule has 0 fully saturated rings. The normalized spacial score (nSPS) is 11.8. The first-order valence-corrected chi connectivity index (χ1v) is 5.36. The minimum Gasteiger partial charge on any atom is -0.481 e. The molecule has 0 aliphatic carbocycles. The van der Waals surface area contributed by atoms with Crippen LogP contribution in [0.3, 0.4) is 0 Å². The highest BCUT2D eigenvalue weighted by Crippen LogP contribution is 2.03. The van der Waals surface area contributed by atoms with Crippen LogP contribution in [0, 0.1) is 5.92 Å². The van der Waals surface area contributed by atoms with E-state index in [2.05, 4.69) is 17.2 Å². The summed E-state index contributed by atoms with van der Waals surface area (Å²) in [6.07, 6.45) is 2.41. The Labute approximate surface area is 95.9 Å². The van der Waals surface area contributed by atoms with Gasteiger partial charge in [0, 0.05) is 19.5 Å². The molecule has 16 heavy (non-hydrogen) atoms. The van der Waals surface area contributed by atoms with Gasteiger partial charge in [-0.15, -0.1) is 6.58 Å². The molecule has 1 atom stereocenters. The Bertz CT molecular complexity index is 241. The Kier molecular flexibility index (Phi) is 8.15. The number of carboxylic acid groups (broad SMARTS) is 1.